The second-order valence-corrected chi connectivity index (χ2v) is 8.99. The van der Waals surface area contributed by atoms with Crippen LogP contribution in [0.1, 0.15) is 39.8 Å². The van der Waals surface area contributed by atoms with Gasteiger partial charge in [-0.1, -0.05) is 6.07 Å². The average Bonchev–Trinajstić information content (AvgIpc) is 3.63. The molecule has 41 heavy (non-hydrogen) atoms. The molecule has 4 rings (SSSR count). The van der Waals surface area contributed by atoms with Gasteiger partial charge in [-0.3, -0.25) is 14.3 Å². The lowest BCUT2D eigenvalue weighted by molar-refractivity contribution is -0.123. The van der Waals surface area contributed by atoms with Crippen molar-refractivity contribution in [2.45, 2.75) is 39.8 Å². The Hall–Kier alpha value is -5.27. The number of hydrogen-bond donors (Lipinski definition) is 2. The molecule has 1 aromatic carbocycles. The number of carbonyl (C=O) groups is 3. The third-order valence-electron chi connectivity index (χ3n) is 6.16. The van der Waals surface area contributed by atoms with Crippen LogP contribution in [0.2, 0.25) is 0 Å². The normalized spacial score (nSPS) is 11.8. The zero-order chi connectivity index (χ0) is 29.5. The van der Waals surface area contributed by atoms with Crippen molar-refractivity contribution >= 4 is 29.7 Å². The highest BCUT2D eigenvalue weighted by Crippen LogP contribution is 2.22. The summed E-state index contributed by atoms with van der Waals surface area (Å²) in [5.74, 6) is -2.15. The van der Waals surface area contributed by atoms with Crippen LogP contribution in [0.5, 0.6) is 0 Å². The number of aromatic nitrogens is 7. The van der Waals surface area contributed by atoms with Crippen molar-refractivity contribution in [2.24, 2.45) is 0 Å². The van der Waals surface area contributed by atoms with E-state index < -0.39 is 29.6 Å². The van der Waals surface area contributed by atoms with Crippen LogP contribution in [0.25, 0.3) is 11.8 Å². The number of halogens is 1. The number of benzene rings is 1. The fraction of sp³-hybridized carbons (Fsp3) is 0.259. The van der Waals surface area contributed by atoms with Gasteiger partial charge in [0.1, 0.15) is 24.0 Å². The molecule has 2 N–H and O–H groups in total. The molecule has 0 spiro atoms. The monoisotopic (exact) mass is 561 g/mol. The van der Waals surface area contributed by atoms with Crippen LogP contribution in [0.15, 0.2) is 48.9 Å². The first-order chi connectivity index (χ1) is 19.7. The van der Waals surface area contributed by atoms with Crippen LogP contribution < -0.4 is 10.6 Å². The largest absolute Gasteiger partial charge is 0.465 e. The molecule has 0 saturated carbocycles. The molecule has 4 aromatic rings. The maximum absolute atomic E-state index is 15.0. The van der Waals surface area contributed by atoms with Gasteiger partial charge >= 0.3 is 5.97 Å². The van der Waals surface area contributed by atoms with Crippen molar-refractivity contribution in [3.8, 4) is 5.69 Å². The number of carbonyl (C=O) groups excluding carboxylic acids is 3. The number of aryl methyl sites for hydroxylation is 3. The Kier molecular flexibility index (Phi) is 8.92. The second-order valence-electron chi connectivity index (χ2n) is 8.99. The van der Waals surface area contributed by atoms with Gasteiger partial charge in [-0.15, -0.1) is 5.10 Å². The minimum absolute atomic E-state index is 0.0776. The molecule has 0 radical (unpaired) electrons. The molecular formula is C27H28FN9O4. The minimum atomic E-state index is -1.06. The zero-order valence-electron chi connectivity index (χ0n) is 22.8. The lowest BCUT2D eigenvalue weighted by Crippen LogP contribution is -2.45. The van der Waals surface area contributed by atoms with Gasteiger partial charge in [-0.25, -0.2) is 14.2 Å². The van der Waals surface area contributed by atoms with Gasteiger partial charge in [-0.2, -0.15) is 9.78 Å². The van der Waals surface area contributed by atoms with E-state index in [0.717, 1.165) is 11.8 Å². The third kappa shape index (κ3) is 6.84. The first-order valence-corrected chi connectivity index (χ1v) is 12.6. The highest BCUT2D eigenvalue weighted by Gasteiger charge is 2.23. The van der Waals surface area contributed by atoms with Crippen molar-refractivity contribution < 1.29 is 23.5 Å². The Balaban J connectivity index is 1.56. The average molecular weight is 562 g/mol. The lowest BCUT2D eigenvalue weighted by atomic mass is 10.1. The Labute approximate surface area is 234 Å². The van der Waals surface area contributed by atoms with E-state index >= 15 is 4.39 Å². The van der Waals surface area contributed by atoms with Crippen molar-refractivity contribution in [1.29, 1.82) is 0 Å². The number of anilines is 1. The molecule has 13 nitrogen and oxygen atoms in total. The fourth-order valence-electron chi connectivity index (χ4n) is 4.04. The SMILES string of the molecule is CCn1nc(C[C@H](NC(=O)/C=C/c2c(-n3cnnn3)ccc(C)c2F)C(=O)Nc2ccc(C(=O)OC)cn2)cc1C. The van der Waals surface area contributed by atoms with Gasteiger partial charge in [0.25, 0.3) is 0 Å². The summed E-state index contributed by atoms with van der Waals surface area (Å²) in [4.78, 5) is 42.0. The van der Waals surface area contributed by atoms with E-state index in [2.05, 4.69) is 41.0 Å². The molecule has 0 bridgehead atoms. The van der Waals surface area contributed by atoms with Gasteiger partial charge < -0.3 is 15.4 Å². The molecule has 3 heterocycles. The molecule has 0 aliphatic carbocycles. The molecule has 1 atom stereocenters. The van der Waals surface area contributed by atoms with Crippen LogP contribution in [-0.2, 0) is 27.3 Å². The van der Waals surface area contributed by atoms with Gasteiger partial charge in [0.15, 0.2) is 0 Å². The number of nitrogens with zero attached hydrogens (tertiary/aromatic N) is 7. The topological polar surface area (TPSA) is 159 Å². The first-order valence-electron chi connectivity index (χ1n) is 12.6. The van der Waals surface area contributed by atoms with Gasteiger partial charge in [0, 0.05) is 36.5 Å². The van der Waals surface area contributed by atoms with Crippen LogP contribution in [0.3, 0.4) is 0 Å². The van der Waals surface area contributed by atoms with Crippen molar-refractivity contribution in [1.82, 2.24) is 40.3 Å². The summed E-state index contributed by atoms with van der Waals surface area (Å²) >= 11 is 0. The number of hydrogen-bond acceptors (Lipinski definition) is 9. The lowest BCUT2D eigenvalue weighted by Gasteiger charge is -2.17. The van der Waals surface area contributed by atoms with E-state index in [4.69, 9.17) is 0 Å². The van der Waals surface area contributed by atoms with Crippen LogP contribution in [-0.4, -0.2) is 65.9 Å². The molecule has 0 saturated heterocycles. The molecule has 0 aliphatic heterocycles. The quantitative estimate of drug-likeness (QED) is 0.219. The van der Waals surface area contributed by atoms with E-state index in [0.29, 0.717) is 23.5 Å². The Morgan fingerprint density at radius 1 is 1.17 bits per heavy atom. The molecule has 3 aromatic heterocycles. The summed E-state index contributed by atoms with van der Waals surface area (Å²) in [6.45, 7) is 6.07. The number of rotatable bonds is 10. The predicted octanol–water partition coefficient (Wildman–Crippen LogP) is 2.20. The standard InChI is InChI=1S/C27H28FN9O4/c1-5-36-17(3)12-19(33-36)13-21(26(39)32-23-10-7-18(14-29-23)27(40)41-4)31-24(38)11-8-20-22(37-15-30-34-35-37)9-6-16(2)25(20)28/h6-12,14-15,21H,5,13H2,1-4H3,(H,31,38)(H,29,32,39)/b11-8+/t21-/m0/s1. The minimum Gasteiger partial charge on any atom is -0.465 e. The van der Waals surface area contributed by atoms with Crippen LogP contribution in [0.4, 0.5) is 10.2 Å². The highest BCUT2D eigenvalue weighted by molar-refractivity contribution is 6.00. The maximum Gasteiger partial charge on any atom is 0.339 e. The summed E-state index contributed by atoms with van der Waals surface area (Å²) in [5, 5.41) is 20.8. The summed E-state index contributed by atoms with van der Waals surface area (Å²) in [6.07, 6.45) is 5.08. The first kappa shape index (κ1) is 28.7. The predicted molar refractivity (Wildman–Crippen MR) is 145 cm³/mol. The number of tetrazole rings is 1. The number of esters is 1. The number of amides is 2. The summed E-state index contributed by atoms with van der Waals surface area (Å²) in [5.41, 5.74) is 2.50. The summed E-state index contributed by atoms with van der Waals surface area (Å²) in [6, 6.07) is 6.88. The zero-order valence-corrected chi connectivity index (χ0v) is 22.8. The second kappa shape index (κ2) is 12.7. The van der Waals surface area contributed by atoms with Gasteiger partial charge in [0.05, 0.1) is 24.1 Å². The molecule has 0 aliphatic rings. The molecule has 14 heteroatoms. The third-order valence-corrected chi connectivity index (χ3v) is 6.16. The Morgan fingerprint density at radius 2 is 1.98 bits per heavy atom. The molecule has 212 valence electrons. The summed E-state index contributed by atoms with van der Waals surface area (Å²) < 4.78 is 22.7. The van der Waals surface area contributed by atoms with E-state index in [-0.39, 0.29) is 23.4 Å². The molecule has 0 unspecified atom stereocenters. The number of pyridine rings is 1. The Bertz CT molecular complexity index is 1580. The van der Waals surface area contributed by atoms with E-state index in [1.165, 1.54) is 42.5 Å². The van der Waals surface area contributed by atoms with Crippen LogP contribution >= 0.6 is 0 Å². The van der Waals surface area contributed by atoms with Crippen molar-refractivity contribution in [3.63, 3.8) is 0 Å². The Morgan fingerprint density at radius 3 is 2.61 bits per heavy atom. The van der Waals surface area contributed by atoms with Crippen molar-refractivity contribution in [3.05, 3.63) is 82.8 Å². The number of methoxy groups -OCH3 is 1. The van der Waals surface area contributed by atoms with E-state index in [9.17, 15) is 14.4 Å². The number of nitrogens with one attached hydrogen (secondary N) is 2. The maximum atomic E-state index is 15.0. The summed E-state index contributed by atoms with van der Waals surface area (Å²) in [7, 11) is 1.25. The van der Waals surface area contributed by atoms with Crippen molar-refractivity contribution in [2.75, 3.05) is 12.4 Å². The van der Waals surface area contributed by atoms with Crippen LogP contribution in [0, 0.1) is 19.7 Å². The molecule has 0 fully saturated rings. The smallest absolute Gasteiger partial charge is 0.339 e. The van der Waals surface area contributed by atoms with Gasteiger partial charge in [-0.05, 0) is 67.1 Å². The number of ether oxygens (including phenoxy) is 1. The van der Waals surface area contributed by atoms with Gasteiger partial charge in [0.2, 0.25) is 11.8 Å². The van der Waals surface area contributed by atoms with E-state index in [1.807, 2.05) is 19.9 Å². The highest BCUT2D eigenvalue weighted by atomic mass is 19.1. The molecule has 2 amide bonds. The van der Waals surface area contributed by atoms with E-state index in [1.54, 1.807) is 23.7 Å². The molecular weight excluding hydrogens is 533 g/mol. The fourth-order valence-corrected chi connectivity index (χ4v) is 4.04.